The van der Waals surface area contributed by atoms with E-state index in [0.717, 1.165) is 60.9 Å². The third kappa shape index (κ3) is 4.00. The molecule has 2 fully saturated rings. The van der Waals surface area contributed by atoms with Gasteiger partial charge in [0.1, 0.15) is 16.7 Å². The third-order valence-electron chi connectivity index (χ3n) is 5.81. The highest BCUT2D eigenvalue weighted by molar-refractivity contribution is 7.99. The van der Waals surface area contributed by atoms with E-state index >= 15 is 0 Å². The van der Waals surface area contributed by atoms with Gasteiger partial charge in [0, 0.05) is 24.2 Å². The van der Waals surface area contributed by atoms with Crippen LogP contribution in [0.25, 0.3) is 0 Å². The lowest BCUT2D eigenvalue weighted by Gasteiger charge is -2.40. The highest BCUT2D eigenvalue weighted by Crippen LogP contribution is 2.50. The van der Waals surface area contributed by atoms with Crippen LogP contribution in [0.5, 0.6) is 0 Å². The average Bonchev–Trinajstić information content (AvgIpc) is 2.95. The van der Waals surface area contributed by atoms with Gasteiger partial charge in [-0.2, -0.15) is 0 Å². The number of nitrogen functional groups attached to an aromatic ring is 1. The van der Waals surface area contributed by atoms with E-state index in [9.17, 15) is 5.11 Å². The lowest BCUT2D eigenvalue weighted by atomic mass is 9.76. The van der Waals surface area contributed by atoms with Gasteiger partial charge in [0.2, 0.25) is 0 Å². The zero-order valence-electron chi connectivity index (χ0n) is 15.4. The molecule has 1 atom stereocenters. The van der Waals surface area contributed by atoms with E-state index in [1.54, 1.807) is 12.4 Å². The fraction of sp³-hybridized carbons (Fsp3) is 0.526. The van der Waals surface area contributed by atoms with Gasteiger partial charge in [-0.3, -0.25) is 0 Å². The van der Waals surface area contributed by atoms with Gasteiger partial charge >= 0.3 is 0 Å². The molecule has 3 heterocycles. The van der Waals surface area contributed by atoms with Crippen molar-refractivity contribution < 1.29 is 5.11 Å². The molecule has 6 nitrogen and oxygen atoms in total. The molecular formula is C19H24ClN5OS. The number of hydrogen-bond acceptors (Lipinski definition) is 7. The molecule has 27 heavy (non-hydrogen) atoms. The molecule has 4 rings (SSSR count). The molecule has 0 aromatic carbocycles. The minimum absolute atomic E-state index is 0.307. The number of nitrogens with two attached hydrogens (primary N) is 1. The van der Waals surface area contributed by atoms with Crippen LogP contribution in [0.1, 0.15) is 39.0 Å². The Kier molecular flexibility index (Phi) is 4.94. The van der Waals surface area contributed by atoms with Crippen molar-refractivity contribution in [1.29, 1.82) is 0 Å². The van der Waals surface area contributed by atoms with Crippen LogP contribution in [0.3, 0.4) is 0 Å². The van der Waals surface area contributed by atoms with Crippen molar-refractivity contribution in [2.24, 2.45) is 5.41 Å². The zero-order valence-corrected chi connectivity index (χ0v) is 16.9. The van der Waals surface area contributed by atoms with Gasteiger partial charge in [0.25, 0.3) is 0 Å². The van der Waals surface area contributed by atoms with Crippen LogP contribution in [0.2, 0.25) is 5.02 Å². The van der Waals surface area contributed by atoms with E-state index in [0.29, 0.717) is 16.3 Å². The van der Waals surface area contributed by atoms with E-state index in [1.807, 2.05) is 19.2 Å². The molecular weight excluding hydrogens is 382 g/mol. The van der Waals surface area contributed by atoms with E-state index in [-0.39, 0.29) is 0 Å². The Balaban J connectivity index is 1.39. The Morgan fingerprint density at radius 2 is 1.93 bits per heavy atom. The summed E-state index contributed by atoms with van der Waals surface area (Å²) in [5.41, 5.74) is 5.57. The van der Waals surface area contributed by atoms with Crippen molar-refractivity contribution in [2.45, 2.75) is 54.6 Å². The fourth-order valence-electron chi connectivity index (χ4n) is 4.31. The van der Waals surface area contributed by atoms with Crippen LogP contribution in [-0.2, 0) is 0 Å². The van der Waals surface area contributed by atoms with E-state index in [1.165, 1.54) is 11.8 Å². The topological polar surface area (TPSA) is 88.2 Å². The van der Waals surface area contributed by atoms with Gasteiger partial charge in [0.15, 0.2) is 0 Å². The highest BCUT2D eigenvalue weighted by Gasteiger charge is 2.46. The summed E-state index contributed by atoms with van der Waals surface area (Å²) in [6.45, 7) is 3.90. The molecule has 144 valence electrons. The predicted molar refractivity (Wildman–Crippen MR) is 108 cm³/mol. The standard InChI is InChI=1S/C19H24ClN5OS/c1-18(26)3-4-19(12-18)5-8-25(9-6-19)14-10-24-15(11-23-14)27-13-2-7-22-17(21)16(13)20/h2,7,10-11,26H,3-6,8-9,12H2,1H3,(H2,21,22). The quantitative estimate of drug-likeness (QED) is 0.803. The van der Waals surface area contributed by atoms with E-state index < -0.39 is 5.60 Å². The number of hydrogen-bond donors (Lipinski definition) is 2. The SMILES string of the molecule is CC1(O)CCC2(CCN(c3cnc(Sc4ccnc(N)c4Cl)cn3)CC2)C1. The number of piperidine rings is 1. The molecule has 0 bridgehead atoms. The van der Waals surface area contributed by atoms with Crippen LogP contribution in [0.15, 0.2) is 34.6 Å². The summed E-state index contributed by atoms with van der Waals surface area (Å²) in [6, 6.07) is 1.82. The molecule has 8 heteroatoms. The molecule has 2 aliphatic rings. The monoisotopic (exact) mass is 405 g/mol. The normalized spacial score (nSPS) is 24.5. The molecule has 0 radical (unpaired) electrons. The Morgan fingerprint density at radius 3 is 2.56 bits per heavy atom. The van der Waals surface area contributed by atoms with Gasteiger partial charge in [0.05, 0.1) is 23.0 Å². The number of pyridine rings is 1. The van der Waals surface area contributed by atoms with Crippen LogP contribution in [0, 0.1) is 5.41 Å². The average molecular weight is 406 g/mol. The maximum Gasteiger partial charge on any atom is 0.147 e. The van der Waals surface area contributed by atoms with Gasteiger partial charge in [-0.05, 0) is 50.5 Å². The van der Waals surface area contributed by atoms with Crippen molar-refractivity contribution in [1.82, 2.24) is 15.0 Å². The molecule has 1 spiro atoms. The zero-order chi connectivity index (χ0) is 19.1. The summed E-state index contributed by atoms with van der Waals surface area (Å²) in [4.78, 5) is 16.2. The molecule has 3 N–H and O–H groups in total. The summed E-state index contributed by atoms with van der Waals surface area (Å²) in [6.07, 6.45) is 10.4. The number of aliphatic hydroxyl groups is 1. The number of rotatable bonds is 3. The van der Waals surface area contributed by atoms with Crippen molar-refractivity contribution in [3.05, 3.63) is 29.7 Å². The Bertz CT molecular complexity index is 821. The summed E-state index contributed by atoms with van der Waals surface area (Å²) >= 11 is 7.62. The lowest BCUT2D eigenvalue weighted by Crippen LogP contribution is -2.40. The largest absolute Gasteiger partial charge is 0.390 e. The third-order valence-corrected chi connectivity index (χ3v) is 7.30. The summed E-state index contributed by atoms with van der Waals surface area (Å²) in [5.74, 6) is 1.22. The van der Waals surface area contributed by atoms with E-state index in [2.05, 4.69) is 19.9 Å². The Labute approximate surface area is 168 Å². The summed E-state index contributed by atoms with van der Waals surface area (Å²) in [7, 11) is 0. The van der Waals surface area contributed by atoms with Crippen molar-refractivity contribution in [3.8, 4) is 0 Å². The molecule has 1 unspecified atom stereocenters. The van der Waals surface area contributed by atoms with Gasteiger partial charge in [-0.1, -0.05) is 23.4 Å². The predicted octanol–water partition coefficient (Wildman–Crippen LogP) is 3.78. The van der Waals surface area contributed by atoms with Crippen molar-refractivity contribution >= 4 is 35.0 Å². The second kappa shape index (κ2) is 7.11. The van der Waals surface area contributed by atoms with E-state index in [4.69, 9.17) is 17.3 Å². The number of nitrogens with zero attached hydrogens (tertiary/aromatic N) is 4. The molecule has 1 aliphatic carbocycles. The summed E-state index contributed by atoms with van der Waals surface area (Å²) in [5, 5.41) is 11.5. The summed E-state index contributed by atoms with van der Waals surface area (Å²) < 4.78 is 0. The first-order valence-electron chi connectivity index (χ1n) is 9.23. The highest BCUT2D eigenvalue weighted by atomic mass is 35.5. The van der Waals surface area contributed by atoms with Crippen molar-refractivity contribution in [2.75, 3.05) is 23.7 Å². The molecule has 1 saturated carbocycles. The van der Waals surface area contributed by atoms with Crippen LogP contribution in [-0.4, -0.2) is 38.7 Å². The first-order valence-corrected chi connectivity index (χ1v) is 10.4. The van der Waals surface area contributed by atoms with Gasteiger partial charge in [-0.25, -0.2) is 15.0 Å². The molecule has 1 saturated heterocycles. The second-order valence-corrected chi connectivity index (χ2v) is 9.42. The molecule has 1 aliphatic heterocycles. The maximum absolute atomic E-state index is 10.3. The van der Waals surface area contributed by atoms with Crippen molar-refractivity contribution in [3.63, 3.8) is 0 Å². The molecule has 0 amide bonds. The lowest BCUT2D eigenvalue weighted by molar-refractivity contribution is 0.0480. The number of halogens is 1. The molecule has 2 aromatic heterocycles. The maximum atomic E-state index is 10.3. The Morgan fingerprint density at radius 1 is 1.15 bits per heavy atom. The second-order valence-electron chi connectivity index (χ2n) is 7.98. The van der Waals surface area contributed by atoms with Crippen LogP contribution in [0.4, 0.5) is 11.6 Å². The number of aromatic nitrogens is 3. The van der Waals surface area contributed by atoms with Crippen LogP contribution >= 0.6 is 23.4 Å². The minimum atomic E-state index is -0.488. The minimum Gasteiger partial charge on any atom is -0.390 e. The van der Waals surface area contributed by atoms with Crippen LogP contribution < -0.4 is 10.6 Å². The molecule has 2 aromatic rings. The first-order chi connectivity index (χ1) is 12.9. The van der Waals surface area contributed by atoms with Gasteiger partial charge in [-0.15, -0.1) is 0 Å². The smallest absolute Gasteiger partial charge is 0.147 e. The first kappa shape index (κ1) is 18.8. The van der Waals surface area contributed by atoms with Gasteiger partial charge < -0.3 is 15.7 Å². The Hall–Kier alpha value is -1.57. The number of anilines is 2. The fourth-order valence-corrected chi connectivity index (χ4v) is 5.30.